The maximum absolute atomic E-state index is 12.1. The van der Waals surface area contributed by atoms with E-state index in [1.54, 1.807) is 24.3 Å². The summed E-state index contributed by atoms with van der Waals surface area (Å²) in [5.74, 6) is -2.04. The van der Waals surface area contributed by atoms with Crippen LogP contribution in [-0.2, 0) is 4.79 Å². The predicted molar refractivity (Wildman–Crippen MR) is 80.8 cm³/mol. The summed E-state index contributed by atoms with van der Waals surface area (Å²) in [6, 6.07) is 12.0. The Morgan fingerprint density at radius 2 is 1.39 bits per heavy atom. The number of carbonyl (C=O) groups is 3. The molecule has 7 nitrogen and oxygen atoms in total. The van der Waals surface area contributed by atoms with Crippen LogP contribution in [0.25, 0.3) is 0 Å². The first-order valence-corrected chi connectivity index (χ1v) is 6.65. The van der Waals surface area contributed by atoms with Gasteiger partial charge in [0, 0.05) is 6.92 Å². The molecule has 0 bridgehead atoms. The summed E-state index contributed by atoms with van der Waals surface area (Å²) in [7, 11) is 0. The number of hydrogen-bond acceptors (Lipinski definition) is 5. The zero-order valence-electron chi connectivity index (χ0n) is 12.2. The van der Waals surface area contributed by atoms with Crippen LogP contribution in [0.2, 0.25) is 0 Å². The Hall–Kier alpha value is -3.35. The fraction of sp³-hybridized carbons (Fsp3) is 0.0625. The summed E-state index contributed by atoms with van der Waals surface area (Å²) in [4.78, 5) is 35.0. The molecule has 0 aliphatic rings. The molecule has 0 saturated heterocycles. The molecule has 118 valence electrons. The van der Waals surface area contributed by atoms with Crippen molar-refractivity contribution in [2.75, 3.05) is 0 Å². The average molecular weight is 314 g/mol. The van der Waals surface area contributed by atoms with Gasteiger partial charge in [-0.05, 0) is 24.3 Å². The summed E-state index contributed by atoms with van der Waals surface area (Å²) >= 11 is 0. The number of hydrazine groups is 1. The van der Waals surface area contributed by atoms with Crippen LogP contribution in [0, 0.1) is 0 Å². The summed E-state index contributed by atoms with van der Waals surface area (Å²) in [6.45, 7) is 1.22. The van der Waals surface area contributed by atoms with Crippen LogP contribution in [0.15, 0.2) is 48.5 Å². The number of hydrogen-bond donors (Lipinski definition) is 3. The molecule has 2 rings (SSSR count). The van der Waals surface area contributed by atoms with E-state index in [1.165, 1.54) is 31.2 Å². The Morgan fingerprint density at radius 1 is 0.870 bits per heavy atom. The van der Waals surface area contributed by atoms with E-state index < -0.39 is 17.8 Å². The van der Waals surface area contributed by atoms with Crippen LogP contribution < -0.4 is 15.6 Å². The van der Waals surface area contributed by atoms with Crippen LogP contribution in [0.4, 0.5) is 0 Å². The Bertz CT molecular complexity index is 758. The van der Waals surface area contributed by atoms with E-state index in [2.05, 4.69) is 10.9 Å². The van der Waals surface area contributed by atoms with Gasteiger partial charge in [0.2, 0.25) is 0 Å². The Kier molecular flexibility index (Phi) is 4.93. The number of esters is 1. The standard InChI is InChI=1S/C16H14N2O5/c1-10(19)23-14-9-5-3-7-12(14)16(22)18-17-15(21)11-6-2-4-8-13(11)20/h2-9,20H,1H3,(H,17,21)(H,18,22). The first kappa shape index (κ1) is 16.0. The van der Waals surface area contributed by atoms with Crippen molar-refractivity contribution in [2.45, 2.75) is 6.92 Å². The molecular formula is C16H14N2O5. The minimum atomic E-state index is -0.679. The molecule has 0 heterocycles. The third-order valence-electron chi connectivity index (χ3n) is 2.82. The highest BCUT2D eigenvalue weighted by Gasteiger charge is 2.15. The number of phenolic OH excluding ortho intramolecular Hbond substituents is 1. The molecule has 0 unspecified atom stereocenters. The third kappa shape index (κ3) is 4.07. The lowest BCUT2D eigenvalue weighted by molar-refractivity contribution is -0.131. The van der Waals surface area contributed by atoms with Gasteiger partial charge in [0.25, 0.3) is 11.8 Å². The molecule has 2 amide bonds. The topological polar surface area (TPSA) is 105 Å². The SMILES string of the molecule is CC(=O)Oc1ccccc1C(=O)NNC(=O)c1ccccc1O. The van der Waals surface area contributed by atoms with Crippen LogP contribution in [0.3, 0.4) is 0 Å². The molecule has 0 aliphatic heterocycles. The van der Waals surface area contributed by atoms with Gasteiger partial charge in [-0.15, -0.1) is 0 Å². The lowest BCUT2D eigenvalue weighted by atomic mass is 10.2. The highest BCUT2D eigenvalue weighted by molar-refractivity contribution is 6.01. The van der Waals surface area contributed by atoms with Gasteiger partial charge in [-0.2, -0.15) is 0 Å². The molecule has 7 heteroatoms. The highest BCUT2D eigenvalue weighted by atomic mass is 16.5. The summed E-state index contributed by atoms with van der Waals surface area (Å²) in [5, 5.41) is 9.58. The Morgan fingerprint density at radius 3 is 2.00 bits per heavy atom. The van der Waals surface area contributed by atoms with Crippen molar-refractivity contribution in [1.82, 2.24) is 10.9 Å². The van der Waals surface area contributed by atoms with Crippen LogP contribution in [0.1, 0.15) is 27.6 Å². The number of aromatic hydroxyl groups is 1. The van der Waals surface area contributed by atoms with E-state index in [0.29, 0.717) is 0 Å². The van der Waals surface area contributed by atoms with Crippen molar-refractivity contribution >= 4 is 17.8 Å². The van der Waals surface area contributed by atoms with Gasteiger partial charge >= 0.3 is 5.97 Å². The molecule has 0 aromatic heterocycles. The molecule has 0 aliphatic carbocycles. The molecule has 2 aromatic carbocycles. The number of rotatable bonds is 3. The number of para-hydroxylation sites is 2. The van der Waals surface area contributed by atoms with Gasteiger partial charge < -0.3 is 9.84 Å². The number of benzene rings is 2. The minimum absolute atomic E-state index is 0.0149. The molecule has 0 saturated carbocycles. The highest BCUT2D eigenvalue weighted by Crippen LogP contribution is 2.18. The molecule has 23 heavy (non-hydrogen) atoms. The van der Waals surface area contributed by atoms with Gasteiger partial charge in [0.15, 0.2) is 0 Å². The quantitative estimate of drug-likeness (QED) is 0.451. The van der Waals surface area contributed by atoms with Crippen molar-refractivity contribution in [3.63, 3.8) is 0 Å². The van der Waals surface area contributed by atoms with Gasteiger partial charge in [-0.25, -0.2) is 0 Å². The molecule has 2 aromatic rings. The van der Waals surface area contributed by atoms with Crippen LogP contribution in [-0.4, -0.2) is 22.9 Å². The molecule has 0 fully saturated rings. The van der Waals surface area contributed by atoms with Crippen molar-refractivity contribution in [3.05, 3.63) is 59.7 Å². The lowest BCUT2D eigenvalue weighted by Crippen LogP contribution is -2.41. The minimum Gasteiger partial charge on any atom is -0.507 e. The van der Waals surface area contributed by atoms with E-state index >= 15 is 0 Å². The van der Waals surface area contributed by atoms with Gasteiger partial charge in [0.1, 0.15) is 11.5 Å². The van der Waals surface area contributed by atoms with Crippen molar-refractivity contribution in [2.24, 2.45) is 0 Å². The molecule has 0 spiro atoms. The molecule has 3 N–H and O–H groups in total. The maximum atomic E-state index is 12.1. The van der Waals surface area contributed by atoms with Gasteiger partial charge in [0.05, 0.1) is 11.1 Å². The van der Waals surface area contributed by atoms with E-state index in [4.69, 9.17) is 4.74 Å². The second-order valence-corrected chi connectivity index (χ2v) is 4.52. The molecular weight excluding hydrogens is 300 g/mol. The van der Waals surface area contributed by atoms with E-state index in [0.717, 1.165) is 0 Å². The monoisotopic (exact) mass is 314 g/mol. The van der Waals surface area contributed by atoms with E-state index in [-0.39, 0.29) is 22.6 Å². The van der Waals surface area contributed by atoms with E-state index in [1.807, 2.05) is 0 Å². The summed E-state index contributed by atoms with van der Waals surface area (Å²) in [5.41, 5.74) is 4.48. The second kappa shape index (κ2) is 7.08. The van der Waals surface area contributed by atoms with E-state index in [9.17, 15) is 19.5 Å². The Balaban J connectivity index is 2.07. The zero-order chi connectivity index (χ0) is 16.8. The second-order valence-electron chi connectivity index (χ2n) is 4.52. The van der Waals surface area contributed by atoms with Crippen molar-refractivity contribution < 1.29 is 24.2 Å². The fourth-order valence-corrected chi connectivity index (χ4v) is 1.81. The van der Waals surface area contributed by atoms with Crippen LogP contribution in [0.5, 0.6) is 11.5 Å². The smallest absolute Gasteiger partial charge is 0.308 e. The van der Waals surface area contributed by atoms with Crippen LogP contribution >= 0.6 is 0 Å². The normalized spacial score (nSPS) is 9.78. The maximum Gasteiger partial charge on any atom is 0.308 e. The summed E-state index contributed by atoms with van der Waals surface area (Å²) in [6.07, 6.45) is 0. The number of phenols is 1. The summed E-state index contributed by atoms with van der Waals surface area (Å²) < 4.78 is 4.92. The van der Waals surface area contributed by atoms with Gasteiger partial charge in [-0.1, -0.05) is 24.3 Å². The number of nitrogens with one attached hydrogen (secondary N) is 2. The first-order valence-electron chi connectivity index (χ1n) is 6.65. The largest absolute Gasteiger partial charge is 0.507 e. The van der Waals surface area contributed by atoms with Gasteiger partial charge in [-0.3, -0.25) is 25.2 Å². The third-order valence-corrected chi connectivity index (χ3v) is 2.82. The first-order chi connectivity index (χ1) is 11.0. The lowest BCUT2D eigenvalue weighted by Gasteiger charge is -2.11. The zero-order valence-corrected chi connectivity index (χ0v) is 12.2. The number of ether oxygens (including phenoxy) is 1. The number of carbonyl (C=O) groups excluding carboxylic acids is 3. The van der Waals surface area contributed by atoms with Crippen molar-refractivity contribution in [3.8, 4) is 11.5 Å². The fourth-order valence-electron chi connectivity index (χ4n) is 1.81. The Labute approximate surface area is 131 Å². The molecule has 0 atom stereocenters. The predicted octanol–water partition coefficient (Wildman–Crippen LogP) is 1.39. The molecule has 0 radical (unpaired) electrons. The number of amides is 2. The average Bonchev–Trinajstić information content (AvgIpc) is 2.52. The van der Waals surface area contributed by atoms with Crippen molar-refractivity contribution in [1.29, 1.82) is 0 Å².